The summed E-state index contributed by atoms with van der Waals surface area (Å²) in [5.41, 5.74) is 0. The Balaban J connectivity index is 2.97. The van der Waals surface area contributed by atoms with E-state index >= 15 is 0 Å². The third-order valence-corrected chi connectivity index (χ3v) is 1.21. The topological polar surface area (TPSA) is 21.3 Å². The van der Waals surface area contributed by atoms with E-state index in [1.165, 1.54) is 0 Å². The van der Waals surface area contributed by atoms with Crippen LogP contribution in [0.2, 0.25) is 0 Å². The second-order valence-corrected chi connectivity index (χ2v) is 2.14. The molecule has 0 aromatic rings. The summed E-state index contributed by atoms with van der Waals surface area (Å²) in [4.78, 5) is 0. The first-order chi connectivity index (χ1) is 4.81. The van der Waals surface area contributed by atoms with E-state index in [0.29, 0.717) is 26.2 Å². The zero-order valence-electron chi connectivity index (χ0n) is 6.69. The van der Waals surface area contributed by atoms with E-state index in [1.807, 2.05) is 6.92 Å². The van der Waals surface area contributed by atoms with Crippen molar-refractivity contribution in [3.05, 3.63) is 0 Å². The Morgan fingerprint density at radius 1 is 1.60 bits per heavy atom. The lowest BCUT2D eigenvalue weighted by Crippen LogP contribution is -2.21. The fraction of sp³-hybridized carbons (Fsp3) is 1.00. The average Bonchev–Trinajstić information content (AvgIpc) is 1.89. The first-order valence-electron chi connectivity index (χ1n) is 3.67. The van der Waals surface area contributed by atoms with Crippen LogP contribution in [-0.4, -0.2) is 33.0 Å². The first kappa shape index (κ1) is 9.85. The second kappa shape index (κ2) is 6.96. The molecule has 2 nitrogen and oxygen atoms in total. The van der Waals surface area contributed by atoms with Gasteiger partial charge in [-0.3, -0.25) is 0 Å². The SMILES string of the molecule is CCOCC[C@@H](F)CNC. The minimum atomic E-state index is -0.767. The second-order valence-electron chi connectivity index (χ2n) is 2.14. The van der Waals surface area contributed by atoms with Crippen molar-refractivity contribution in [1.29, 1.82) is 0 Å². The Hall–Kier alpha value is -0.150. The summed E-state index contributed by atoms with van der Waals surface area (Å²) in [6.07, 6.45) is -0.272. The van der Waals surface area contributed by atoms with Crippen molar-refractivity contribution in [2.24, 2.45) is 0 Å². The molecule has 3 heteroatoms. The van der Waals surface area contributed by atoms with Gasteiger partial charge in [0.25, 0.3) is 0 Å². The van der Waals surface area contributed by atoms with Crippen molar-refractivity contribution in [3.8, 4) is 0 Å². The Kier molecular flexibility index (Phi) is 6.86. The molecular formula is C7H16FNO. The highest BCUT2D eigenvalue weighted by Crippen LogP contribution is 1.95. The minimum absolute atomic E-state index is 0.424. The first-order valence-corrected chi connectivity index (χ1v) is 3.67. The Morgan fingerprint density at radius 2 is 2.30 bits per heavy atom. The molecule has 0 saturated carbocycles. The van der Waals surface area contributed by atoms with E-state index in [9.17, 15) is 4.39 Å². The molecule has 10 heavy (non-hydrogen) atoms. The van der Waals surface area contributed by atoms with Crippen molar-refractivity contribution < 1.29 is 9.13 Å². The molecule has 1 atom stereocenters. The fourth-order valence-electron chi connectivity index (χ4n) is 0.679. The molecule has 0 aromatic heterocycles. The molecule has 0 spiro atoms. The van der Waals surface area contributed by atoms with Gasteiger partial charge in [-0.1, -0.05) is 0 Å². The summed E-state index contributed by atoms with van der Waals surface area (Å²) < 4.78 is 17.6. The number of hydrogen-bond donors (Lipinski definition) is 1. The Labute approximate surface area is 61.8 Å². The molecule has 0 aliphatic rings. The van der Waals surface area contributed by atoms with E-state index in [4.69, 9.17) is 4.74 Å². The molecule has 1 N–H and O–H groups in total. The molecule has 0 aliphatic heterocycles. The maximum absolute atomic E-state index is 12.6. The number of hydrogen-bond acceptors (Lipinski definition) is 2. The number of ether oxygens (including phenoxy) is 1. The standard InChI is InChI=1S/C7H16FNO/c1-3-10-5-4-7(8)6-9-2/h7,9H,3-6H2,1-2H3/t7-/m1/s1. The predicted molar refractivity (Wildman–Crippen MR) is 39.9 cm³/mol. The quantitative estimate of drug-likeness (QED) is 0.568. The molecule has 62 valence electrons. The molecule has 0 heterocycles. The van der Waals surface area contributed by atoms with Gasteiger partial charge in [-0.25, -0.2) is 4.39 Å². The average molecular weight is 149 g/mol. The van der Waals surface area contributed by atoms with Crippen LogP contribution >= 0.6 is 0 Å². The van der Waals surface area contributed by atoms with E-state index < -0.39 is 6.17 Å². The van der Waals surface area contributed by atoms with Crippen LogP contribution < -0.4 is 5.32 Å². The smallest absolute Gasteiger partial charge is 0.115 e. The fourth-order valence-corrected chi connectivity index (χ4v) is 0.679. The summed E-state index contributed by atoms with van der Waals surface area (Å²) in [5, 5.41) is 2.76. The third-order valence-electron chi connectivity index (χ3n) is 1.21. The summed E-state index contributed by atoms with van der Waals surface area (Å²) in [5.74, 6) is 0. The maximum Gasteiger partial charge on any atom is 0.115 e. The summed E-state index contributed by atoms with van der Waals surface area (Å²) in [6, 6.07) is 0. The van der Waals surface area contributed by atoms with Crippen molar-refractivity contribution in [3.63, 3.8) is 0 Å². The lowest BCUT2D eigenvalue weighted by atomic mass is 10.3. The van der Waals surface area contributed by atoms with Gasteiger partial charge in [0.2, 0.25) is 0 Å². The normalized spacial score (nSPS) is 13.5. The van der Waals surface area contributed by atoms with Gasteiger partial charge in [-0.05, 0) is 14.0 Å². The van der Waals surface area contributed by atoms with Crippen LogP contribution in [0, 0.1) is 0 Å². The summed E-state index contributed by atoms with van der Waals surface area (Å²) in [6.45, 7) is 3.53. The highest BCUT2D eigenvalue weighted by atomic mass is 19.1. The van der Waals surface area contributed by atoms with Gasteiger partial charge in [0.05, 0.1) is 0 Å². The van der Waals surface area contributed by atoms with Gasteiger partial charge < -0.3 is 10.1 Å². The summed E-state index contributed by atoms with van der Waals surface area (Å²) in [7, 11) is 1.74. The molecule has 0 radical (unpaired) electrons. The summed E-state index contributed by atoms with van der Waals surface area (Å²) >= 11 is 0. The van der Waals surface area contributed by atoms with Gasteiger partial charge in [0.1, 0.15) is 6.17 Å². The van der Waals surface area contributed by atoms with Crippen LogP contribution in [0.15, 0.2) is 0 Å². The highest BCUT2D eigenvalue weighted by Gasteiger charge is 2.02. The van der Waals surface area contributed by atoms with Gasteiger partial charge >= 0.3 is 0 Å². The van der Waals surface area contributed by atoms with E-state index in [0.717, 1.165) is 0 Å². The molecule has 0 aliphatic carbocycles. The number of halogens is 1. The third kappa shape index (κ3) is 5.98. The van der Waals surface area contributed by atoms with Crippen LogP contribution in [0.4, 0.5) is 4.39 Å². The zero-order chi connectivity index (χ0) is 7.82. The lowest BCUT2D eigenvalue weighted by molar-refractivity contribution is 0.122. The molecule has 0 aromatic carbocycles. The Morgan fingerprint density at radius 3 is 2.80 bits per heavy atom. The minimum Gasteiger partial charge on any atom is -0.382 e. The molecule has 0 bridgehead atoms. The number of rotatable bonds is 6. The van der Waals surface area contributed by atoms with Gasteiger partial charge in [0, 0.05) is 26.2 Å². The molecule has 0 fully saturated rings. The van der Waals surface area contributed by atoms with Gasteiger partial charge in [-0.15, -0.1) is 0 Å². The van der Waals surface area contributed by atoms with Crippen LogP contribution in [0.5, 0.6) is 0 Å². The van der Waals surface area contributed by atoms with Gasteiger partial charge in [0.15, 0.2) is 0 Å². The molecular weight excluding hydrogens is 133 g/mol. The van der Waals surface area contributed by atoms with Crippen LogP contribution in [0.1, 0.15) is 13.3 Å². The van der Waals surface area contributed by atoms with Crippen molar-refractivity contribution in [1.82, 2.24) is 5.32 Å². The highest BCUT2D eigenvalue weighted by molar-refractivity contribution is 4.56. The van der Waals surface area contributed by atoms with Crippen molar-refractivity contribution in [2.75, 3.05) is 26.8 Å². The molecule has 0 amide bonds. The predicted octanol–water partition coefficient (Wildman–Crippen LogP) is 0.971. The maximum atomic E-state index is 12.6. The monoisotopic (exact) mass is 149 g/mol. The van der Waals surface area contributed by atoms with Gasteiger partial charge in [-0.2, -0.15) is 0 Å². The molecule has 0 unspecified atom stereocenters. The molecule has 0 rings (SSSR count). The Bertz CT molecular complexity index is 70.6. The number of nitrogens with one attached hydrogen (secondary N) is 1. The van der Waals surface area contributed by atoms with E-state index in [2.05, 4.69) is 5.32 Å². The van der Waals surface area contributed by atoms with Crippen LogP contribution in [0.3, 0.4) is 0 Å². The molecule has 0 saturated heterocycles. The van der Waals surface area contributed by atoms with Crippen molar-refractivity contribution in [2.45, 2.75) is 19.5 Å². The number of alkyl halides is 1. The zero-order valence-corrected chi connectivity index (χ0v) is 6.69. The van der Waals surface area contributed by atoms with E-state index in [-0.39, 0.29) is 0 Å². The van der Waals surface area contributed by atoms with Crippen LogP contribution in [0.25, 0.3) is 0 Å². The lowest BCUT2D eigenvalue weighted by Gasteiger charge is -2.06. The van der Waals surface area contributed by atoms with Crippen LogP contribution in [-0.2, 0) is 4.74 Å². The largest absolute Gasteiger partial charge is 0.382 e. The van der Waals surface area contributed by atoms with Crippen molar-refractivity contribution >= 4 is 0 Å². The van der Waals surface area contributed by atoms with E-state index in [1.54, 1.807) is 7.05 Å².